The summed E-state index contributed by atoms with van der Waals surface area (Å²) < 4.78 is 23.0. The molecule has 0 saturated carbocycles. The minimum absolute atomic E-state index is 0.0475. The van der Waals surface area contributed by atoms with E-state index >= 15 is 0 Å². The Hall–Kier alpha value is -0.940. The summed E-state index contributed by atoms with van der Waals surface area (Å²) in [6, 6.07) is 9.93. The molecule has 0 unspecified atom stereocenters. The molecule has 2 saturated heterocycles. The van der Waals surface area contributed by atoms with E-state index in [-0.39, 0.29) is 18.5 Å². The molecule has 0 N–H and O–H groups in total. The van der Waals surface area contributed by atoms with Gasteiger partial charge in [-0.2, -0.15) is 0 Å². The first-order chi connectivity index (χ1) is 8.64. The van der Waals surface area contributed by atoms with Gasteiger partial charge in [0.15, 0.2) is 12.1 Å². The van der Waals surface area contributed by atoms with E-state index in [1.165, 1.54) is 0 Å². The van der Waals surface area contributed by atoms with Crippen LogP contribution in [-0.2, 0) is 18.9 Å². The van der Waals surface area contributed by atoms with Crippen LogP contribution in [0.3, 0.4) is 0 Å². The van der Waals surface area contributed by atoms with Crippen LogP contribution in [0.5, 0.6) is 0 Å². The number of hydrogen-bond donors (Lipinski definition) is 0. The Kier molecular flexibility index (Phi) is 3.11. The fourth-order valence-electron chi connectivity index (χ4n) is 2.30. The first-order valence-corrected chi connectivity index (χ1v) is 6.28. The quantitative estimate of drug-likeness (QED) is 0.766. The zero-order chi connectivity index (χ0) is 12.6. The Balaban J connectivity index is 1.69. The van der Waals surface area contributed by atoms with Crippen molar-refractivity contribution in [3.63, 3.8) is 0 Å². The molecule has 1 aromatic carbocycles. The van der Waals surface area contributed by atoms with E-state index in [0.717, 1.165) is 5.56 Å². The first-order valence-electron chi connectivity index (χ1n) is 6.28. The number of benzene rings is 1. The van der Waals surface area contributed by atoms with Gasteiger partial charge < -0.3 is 18.9 Å². The van der Waals surface area contributed by atoms with Crippen molar-refractivity contribution < 1.29 is 18.9 Å². The molecule has 3 rings (SSSR count). The fourth-order valence-corrected chi connectivity index (χ4v) is 2.30. The molecule has 98 valence electrons. The second-order valence-electron chi connectivity index (χ2n) is 5.12. The van der Waals surface area contributed by atoms with Crippen LogP contribution in [0, 0.1) is 0 Å². The van der Waals surface area contributed by atoms with Crippen LogP contribution in [0.1, 0.15) is 25.7 Å². The van der Waals surface area contributed by atoms with Gasteiger partial charge in [0.2, 0.25) is 0 Å². The first kappa shape index (κ1) is 12.1. The second kappa shape index (κ2) is 4.63. The Morgan fingerprint density at radius 3 is 2.61 bits per heavy atom. The lowest BCUT2D eigenvalue weighted by molar-refractivity contribution is -0.367. The second-order valence-corrected chi connectivity index (χ2v) is 5.12. The van der Waals surface area contributed by atoms with Gasteiger partial charge in [-0.05, 0) is 13.8 Å². The summed E-state index contributed by atoms with van der Waals surface area (Å²) in [6.07, 6.45) is -0.424. The summed E-state index contributed by atoms with van der Waals surface area (Å²) in [5.74, 6) is -0.548. The van der Waals surface area contributed by atoms with E-state index in [4.69, 9.17) is 18.9 Å². The SMILES string of the molecule is CC1(C)OC[C@@H]2O[C@H](c3ccccc3)OC[C@H]2O1. The van der Waals surface area contributed by atoms with Gasteiger partial charge in [0.25, 0.3) is 0 Å². The number of ether oxygens (including phenoxy) is 4. The van der Waals surface area contributed by atoms with Crippen LogP contribution in [0.25, 0.3) is 0 Å². The van der Waals surface area contributed by atoms with E-state index in [0.29, 0.717) is 13.2 Å². The van der Waals surface area contributed by atoms with Crippen LogP contribution in [0.2, 0.25) is 0 Å². The highest BCUT2D eigenvalue weighted by Crippen LogP contribution is 2.33. The zero-order valence-corrected chi connectivity index (χ0v) is 10.7. The van der Waals surface area contributed by atoms with Crippen LogP contribution >= 0.6 is 0 Å². The van der Waals surface area contributed by atoms with Gasteiger partial charge in [-0.3, -0.25) is 0 Å². The standard InChI is InChI=1S/C14H18O4/c1-14(2)16-9-11-12(18-14)8-15-13(17-11)10-6-4-3-5-7-10/h3-7,11-13H,8-9H2,1-2H3/t11-,12+,13+/m0/s1. The van der Waals surface area contributed by atoms with Crippen molar-refractivity contribution in [1.82, 2.24) is 0 Å². The minimum Gasteiger partial charge on any atom is -0.348 e. The maximum Gasteiger partial charge on any atom is 0.184 e. The molecule has 0 amide bonds. The van der Waals surface area contributed by atoms with Crippen molar-refractivity contribution in [3.8, 4) is 0 Å². The van der Waals surface area contributed by atoms with Gasteiger partial charge in [-0.15, -0.1) is 0 Å². The predicted octanol–water partition coefficient (Wildman–Crippen LogP) is 2.25. The molecule has 0 aromatic heterocycles. The zero-order valence-electron chi connectivity index (χ0n) is 10.7. The van der Waals surface area contributed by atoms with Crippen molar-refractivity contribution in [1.29, 1.82) is 0 Å². The maximum atomic E-state index is 5.90. The molecule has 1 aromatic rings. The molecule has 2 aliphatic heterocycles. The highest BCUT2D eigenvalue weighted by atomic mass is 16.8. The lowest BCUT2D eigenvalue weighted by atomic mass is 10.1. The number of rotatable bonds is 1. The van der Waals surface area contributed by atoms with Gasteiger partial charge in [-0.25, -0.2) is 0 Å². The summed E-state index contributed by atoms with van der Waals surface area (Å²) in [6.45, 7) is 4.90. The van der Waals surface area contributed by atoms with Crippen LogP contribution < -0.4 is 0 Å². The Bertz CT molecular complexity index is 404. The maximum absolute atomic E-state index is 5.90. The van der Waals surface area contributed by atoms with Crippen molar-refractivity contribution in [2.75, 3.05) is 13.2 Å². The summed E-state index contributed by atoms with van der Waals surface area (Å²) in [7, 11) is 0. The van der Waals surface area contributed by atoms with Crippen molar-refractivity contribution in [2.45, 2.75) is 38.1 Å². The molecule has 0 aliphatic carbocycles. The largest absolute Gasteiger partial charge is 0.348 e. The smallest absolute Gasteiger partial charge is 0.184 e. The third kappa shape index (κ3) is 2.42. The van der Waals surface area contributed by atoms with Gasteiger partial charge in [0.1, 0.15) is 12.2 Å². The van der Waals surface area contributed by atoms with Crippen molar-refractivity contribution in [3.05, 3.63) is 35.9 Å². The summed E-state index contributed by atoms with van der Waals surface area (Å²) in [5, 5.41) is 0. The van der Waals surface area contributed by atoms with Crippen LogP contribution in [0.15, 0.2) is 30.3 Å². The van der Waals surface area contributed by atoms with Gasteiger partial charge in [0.05, 0.1) is 13.2 Å². The molecule has 18 heavy (non-hydrogen) atoms. The van der Waals surface area contributed by atoms with Crippen molar-refractivity contribution in [2.24, 2.45) is 0 Å². The molecule has 4 nitrogen and oxygen atoms in total. The summed E-state index contributed by atoms with van der Waals surface area (Å²) >= 11 is 0. The van der Waals surface area contributed by atoms with E-state index in [1.54, 1.807) is 0 Å². The minimum atomic E-state index is -0.548. The Morgan fingerprint density at radius 1 is 1.06 bits per heavy atom. The number of fused-ring (bicyclic) bond motifs is 1. The van der Waals surface area contributed by atoms with E-state index in [9.17, 15) is 0 Å². The average molecular weight is 250 g/mol. The van der Waals surface area contributed by atoms with Crippen LogP contribution in [-0.4, -0.2) is 31.2 Å². The molecule has 3 atom stereocenters. The lowest BCUT2D eigenvalue weighted by Crippen LogP contribution is -2.54. The molecular weight excluding hydrogens is 232 g/mol. The monoisotopic (exact) mass is 250 g/mol. The Labute approximate surface area is 107 Å². The summed E-state index contributed by atoms with van der Waals surface area (Å²) in [5.41, 5.74) is 1.03. The van der Waals surface area contributed by atoms with E-state index in [1.807, 2.05) is 44.2 Å². The van der Waals surface area contributed by atoms with E-state index in [2.05, 4.69) is 0 Å². The van der Waals surface area contributed by atoms with Gasteiger partial charge in [0, 0.05) is 5.56 Å². The highest BCUT2D eigenvalue weighted by molar-refractivity contribution is 5.16. The Morgan fingerprint density at radius 2 is 1.83 bits per heavy atom. The van der Waals surface area contributed by atoms with Crippen LogP contribution in [0.4, 0.5) is 0 Å². The van der Waals surface area contributed by atoms with Crippen molar-refractivity contribution >= 4 is 0 Å². The topological polar surface area (TPSA) is 36.9 Å². The molecule has 2 heterocycles. The molecule has 0 bridgehead atoms. The summed E-state index contributed by atoms with van der Waals surface area (Å²) in [4.78, 5) is 0. The molecule has 0 radical (unpaired) electrons. The average Bonchev–Trinajstić information content (AvgIpc) is 2.38. The van der Waals surface area contributed by atoms with Gasteiger partial charge >= 0.3 is 0 Å². The fraction of sp³-hybridized carbons (Fsp3) is 0.571. The molecule has 4 heteroatoms. The van der Waals surface area contributed by atoms with Gasteiger partial charge in [-0.1, -0.05) is 30.3 Å². The third-order valence-corrected chi connectivity index (χ3v) is 3.23. The normalized spacial score (nSPS) is 34.9. The number of hydrogen-bond acceptors (Lipinski definition) is 4. The third-order valence-electron chi connectivity index (χ3n) is 3.23. The predicted molar refractivity (Wildman–Crippen MR) is 64.9 cm³/mol. The lowest BCUT2D eigenvalue weighted by Gasteiger charge is -2.44. The highest BCUT2D eigenvalue weighted by Gasteiger charge is 2.41. The molecule has 2 fully saturated rings. The van der Waals surface area contributed by atoms with E-state index < -0.39 is 5.79 Å². The molecule has 0 spiro atoms. The molecular formula is C14H18O4. The molecule has 2 aliphatic rings.